The molecule has 1 unspecified atom stereocenters. The molecule has 0 aliphatic rings. The minimum atomic E-state index is -0.457. The first-order chi connectivity index (χ1) is 7.74. The van der Waals surface area contributed by atoms with Gasteiger partial charge in [0.15, 0.2) is 0 Å². The third-order valence-electron chi connectivity index (χ3n) is 2.09. The Morgan fingerprint density at radius 1 is 1.12 bits per heavy atom. The Hall–Kier alpha value is -1.10. The van der Waals surface area contributed by atoms with Gasteiger partial charge in [0.05, 0.1) is 25.9 Å². The molecule has 1 aromatic carbocycles. The maximum atomic E-state index is 9.30. The summed E-state index contributed by atoms with van der Waals surface area (Å²) in [7, 11) is 0. The molecule has 0 radical (unpaired) electrons. The molecule has 1 atom stereocenters. The number of aliphatic hydroxyl groups excluding tert-OH is 2. The molecule has 0 amide bonds. The number of hydrogen-bond donors (Lipinski definition) is 2. The van der Waals surface area contributed by atoms with Crippen LogP contribution in [0.2, 0.25) is 0 Å². The number of hydrogen-bond acceptors (Lipinski definition) is 4. The Morgan fingerprint density at radius 2 is 1.81 bits per heavy atom. The Bertz CT molecular complexity index is 282. The third kappa shape index (κ3) is 4.61. The fourth-order valence-corrected chi connectivity index (χ4v) is 1.23. The van der Waals surface area contributed by atoms with E-state index in [1.165, 1.54) is 0 Å². The smallest absolute Gasteiger partial charge is 0.119 e. The van der Waals surface area contributed by atoms with Crippen molar-refractivity contribution in [1.82, 2.24) is 0 Å². The fraction of sp³-hybridized carbons (Fsp3) is 0.500. The van der Waals surface area contributed by atoms with Crippen LogP contribution in [0.4, 0.5) is 0 Å². The highest BCUT2D eigenvalue weighted by Gasteiger charge is 2.00. The third-order valence-corrected chi connectivity index (χ3v) is 2.09. The molecule has 90 valence electrons. The molecule has 0 saturated heterocycles. The molecule has 0 aromatic heterocycles. The lowest BCUT2D eigenvalue weighted by atomic mass is 10.1. The van der Waals surface area contributed by atoms with Gasteiger partial charge in [-0.1, -0.05) is 12.1 Å². The molecule has 0 saturated carbocycles. The lowest BCUT2D eigenvalue weighted by Crippen LogP contribution is -2.09. The number of rotatable bonds is 7. The summed E-state index contributed by atoms with van der Waals surface area (Å²) in [6, 6.07) is 7.28. The minimum absolute atomic E-state index is 0.0308. The number of aliphatic hydroxyl groups is 2. The normalized spacial score (nSPS) is 12.4. The van der Waals surface area contributed by atoms with Gasteiger partial charge in [0.1, 0.15) is 12.4 Å². The molecule has 0 bridgehead atoms. The van der Waals surface area contributed by atoms with E-state index in [1.54, 1.807) is 6.92 Å². The Labute approximate surface area is 95.4 Å². The zero-order chi connectivity index (χ0) is 11.8. The molecule has 16 heavy (non-hydrogen) atoms. The van der Waals surface area contributed by atoms with E-state index in [2.05, 4.69) is 0 Å². The van der Waals surface area contributed by atoms with Crippen molar-refractivity contribution in [2.24, 2.45) is 0 Å². The standard InChI is InChI=1S/C12H18O4/c1-10(14)11-2-4-12(5-3-11)16-9-8-15-7-6-13/h2-5,10,13-14H,6-9H2,1H3. The van der Waals surface area contributed by atoms with Gasteiger partial charge < -0.3 is 19.7 Å². The summed E-state index contributed by atoms with van der Waals surface area (Å²) in [6.45, 7) is 3.00. The molecule has 4 heteroatoms. The average molecular weight is 226 g/mol. The van der Waals surface area contributed by atoms with Crippen LogP contribution in [-0.2, 0) is 4.74 Å². The topological polar surface area (TPSA) is 58.9 Å². The van der Waals surface area contributed by atoms with Crippen molar-refractivity contribution in [3.8, 4) is 5.75 Å². The molecule has 2 N–H and O–H groups in total. The van der Waals surface area contributed by atoms with Crippen LogP contribution in [0.15, 0.2) is 24.3 Å². The lowest BCUT2D eigenvalue weighted by molar-refractivity contribution is 0.0705. The van der Waals surface area contributed by atoms with E-state index in [1.807, 2.05) is 24.3 Å². The summed E-state index contributed by atoms with van der Waals surface area (Å²) in [6.07, 6.45) is -0.457. The van der Waals surface area contributed by atoms with E-state index in [4.69, 9.17) is 14.6 Å². The zero-order valence-electron chi connectivity index (χ0n) is 9.43. The van der Waals surface area contributed by atoms with Gasteiger partial charge in [-0.3, -0.25) is 0 Å². The van der Waals surface area contributed by atoms with E-state index < -0.39 is 6.10 Å². The van der Waals surface area contributed by atoms with Crippen molar-refractivity contribution in [2.75, 3.05) is 26.4 Å². The molecule has 0 aliphatic carbocycles. The van der Waals surface area contributed by atoms with Crippen LogP contribution in [0.1, 0.15) is 18.6 Å². The Kier molecular flexibility index (Phi) is 5.85. The molecular weight excluding hydrogens is 208 g/mol. The molecule has 4 nitrogen and oxygen atoms in total. The average Bonchev–Trinajstić information content (AvgIpc) is 2.29. The maximum absolute atomic E-state index is 9.30. The van der Waals surface area contributed by atoms with Crippen LogP contribution >= 0.6 is 0 Å². The fourth-order valence-electron chi connectivity index (χ4n) is 1.23. The molecule has 0 heterocycles. The van der Waals surface area contributed by atoms with E-state index >= 15 is 0 Å². The second kappa shape index (κ2) is 7.22. The molecule has 0 fully saturated rings. The Morgan fingerprint density at radius 3 is 2.38 bits per heavy atom. The number of benzene rings is 1. The van der Waals surface area contributed by atoms with Crippen molar-refractivity contribution >= 4 is 0 Å². The number of ether oxygens (including phenoxy) is 2. The summed E-state index contributed by atoms with van der Waals surface area (Å²) in [5.74, 6) is 0.747. The van der Waals surface area contributed by atoms with Gasteiger partial charge >= 0.3 is 0 Å². The largest absolute Gasteiger partial charge is 0.491 e. The van der Waals surface area contributed by atoms with Crippen molar-refractivity contribution in [1.29, 1.82) is 0 Å². The predicted molar refractivity (Wildman–Crippen MR) is 60.5 cm³/mol. The van der Waals surface area contributed by atoms with Gasteiger partial charge in [-0.05, 0) is 24.6 Å². The summed E-state index contributed by atoms with van der Waals surface area (Å²) in [4.78, 5) is 0. The first kappa shape index (κ1) is 13.0. The monoisotopic (exact) mass is 226 g/mol. The van der Waals surface area contributed by atoms with Crippen LogP contribution in [0.5, 0.6) is 5.75 Å². The van der Waals surface area contributed by atoms with E-state index in [-0.39, 0.29) is 6.61 Å². The maximum Gasteiger partial charge on any atom is 0.119 e. The van der Waals surface area contributed by atoms with Crippen LogP contribution < -0.4 is 4.74 Å². The van der Waals surface area contributed by atoms with Gasteiger partial charge in [0, 0.05) is 0 Å². The SMILES string of the molecule is CC(O)c1ccc(OCCOCCO)cc1. The summed E-state index contributed by atoms with van der Waals surface area (Å²) in [5.41, 5.74) is 0.865. The van der Waals surface area contributed by atoms with Crippen LogP contribution in [0.25, 0.3) is 0 Å². The van der Waals surface area contributed by atoms with Gasteiger partial charge in [0.2, 0.25) is 0 Å². The highest BCUT2D eigenvalue weighted by Crippen LogP contribution is 2.16. The lowest BCUT2D eigenvalue weighted by Gasteiger charge is -2.08. The first-order valence-corrected chi connectivity index (χ1v) is 5.33. The molecular formula is C12H18O4. The van der Waals surface area contributed by atoms with Crippen molar-refractivity contribution in [2.45, 2.75) is 13.0 Å². The quantitative estimate of drug-likeness (QED) is 0.684. The van der Waals surface area contributed by atoms with E-state index in [0.29, 0.717) is 19.8 Å². The summed E-state index contributed by atoms with van der Waals surface area (Å²) >= 11 is 0. The van der Waals surface area contributed by atoms with Crippen LogP contribution in [0, 0.1) is 0 Å². The minimum Gasteiger partial charge on any atom is -0.491 e. The predicted octanol–water partition coefficient (Wildman–Crippen LogP) is 1.13. The second-order valence-corrected chi connectivity index (χ2v) is 3.43. The van der Waals surface area contributed by atoms with Gasteiger partial charge in [0.25, 0.3) is 0 Å². The van der Waals surface area contributed by atoms with Gasteiger partial charge in [-0.15, -0.1) is 0 Å². The van der Waals surface area contributed by atoms with Crippen molar-refractivity contribution in [3.63, 3.8) is 0 Å². The highest BCUT2D eigenvalue weighted by molar-refractivity contribution is 5.28. The van der Waals surface area contributed by atoms with Crippen molar-refractivity contribution in [3.05, 3.63) is 29.8 Å². The molecule has 0 spiro atoms. The second-order valence-electron chi connectivity index (χ2n) is 3.43. The van der Waals surface area contributed by atoms with Gasteiger partial charge in [-0.25, -0.2) is 0 Å². The first-order valence-electron chi connectivity index (χ1n) is 5.33. The summed E-state index contributed by atoms with van der Waals surface area (Å²) in [5, 5.41) is 17.8. The summed E-state index contributed by atoms with van der Waals surface area (Å²) < 4.78 is 10.5. The zero-order valence-corrected chi connectivity index (χ0v) is 9.43. The molecule has 1 rings (SSSR count). The molecule has 0 aliphatic heterocycles. The highest BCUT2D eigenvalue weighted by atomic mass is 16.5. The van der Waals surface area contributed by atoms with Gasteiger partial charge in [-0.2, -0.15) is 0 Å². The van der Waals surface area contributed by atoms with Crippen molar-refractivity contribution < 1.29 is 19.7 Å². The molecule has 1 aromatic rings. The van der Waals surface area contributed by atoms with E-state index in [0.717, 1.165) is 11.3 Å². The Balaban J connectivity index is 2.27. The van der Waals surface area contributed by atoms with Crippen LogP contribution in [-0.4, -0.2) is 36.6 Å². The van der Waals surface area contributed by atoms with Crippen LogP contribution in [0.3, 0.4) is 0 Å². The van der Waals surface area contributed by atoms with E-state index in [9.17, 15) is 5.11 Å².